The zero-order valence-corrected chi connectivity index (χ0v) is 23.8. The van der Waals surface area contributed by atoms with E-state index in [2.05, 4.69) is 22.5 Å². The smallest absolute Gasteiger partial charge is 0.358 e. The van der Waals surface area contributed by atoms with Crippen LogP contribution in [0.5, 0.6) is 0 Å². The predicted octanol–water partition coefficient (Wildman–Crippen LogP) is 7.74. The van der Waals surface area contributed by atoms with Gasteiger partial charge in [-0.2, -0.15) is 5.10 Å². The van der Waals surface area contributed by atoms with Crippen LogP contribution >= 0.6 is 23.2 Å². The number of ether oxygens (including phenoxy) is 1. The fourth-order valence-corrected chi connectivity index (χ4v) is 5.06. The van der Waals surface area contributed by atoms with E-state index >= 15 is 0 Å². The molecule has 6 nitrogen and oxygen atoms in total. The van der Waals surface area contributed by atoms with Crippen molar-refractivity contribution in [3.05, 3.63) is 142 Å². The number of benzene rings is 4. The standard InChI is InChI=1S/C33H27Cl2N3O3/c1-2-41-33(40)30-21-31(27-18-15-25(34)20-28(27)35)38(37-30)26-16-13-24(14-17-26)32(39)36-29(23-11-7-4-8-12-23)19-22-9-5-3-6-10-22/h3-18,20-21,29H,2,19H2,1H3,(H,36,39). The van der Waals surface area contributed by atoms with Crippen molar-refractivity contribution < 1.29 is 14.3 Å². The molecule has 0 spiro atoms. The Hall–Kier alpha value is -4.39. The molecule has 0 aliphatic rings. The normalized spacial score (nSPS) is 11.6. The van der Waals surface area contributed by atoms with Crippen LogP contribution in [0.1, 0.15) is 44.9 Å². The minimum absolute atomic E-state index is 0.140. The first-order chi connectivity index (χ1) is 19.9. The molecular formula is C33H27Cl2N3O3. The van der Waals surface area contributed by atoms with Crippen LogP contribution in [0.4, 0.5) is 0 Å². The molecule has 0 radical (unpaired) electrons. The summed E-state index contributed by atoms with van der Waals surface area (Å²) >= 11 is 12.6. The van der Waals surface area contributed by atoms with Gasteiger partial charge in [0.1, 0.15) is 0 Å². The molecule has 5 rings (SSSR count). The highest BCUT2D eigenvalue weighted by Crippen LogP contribution is 2.32. The van der Waals surface area contributed by atoms with E-state index in [4.69, 9.17) is 27.9 Å². The highest BCUT2D eigenvalue weighted by molar-refractivity contribution is 6.36. The molecule has 4 aromatic carbocycles. The summed E-state index contributed by atoms with van der Waals surface area (Å²) in [5.41, 5.74) is 4.65. The maximum absolute atomic E-state index is 13.4. The van der Waals surface area contributed by atoms with Crippen molar-refractivity contribution in [1.29, 1.82) is 0 Å². The van der Waals surface area contributed by atoms with Gasteiger partial charge in [-0.3, -0.25) is 4.79 Å². The maximum Gasteiger partial charge on any atom is 0.358 e. The lowest BCUT2D eigenvalue weighted by Gasteiger charge is -2.20. The average Bonchev–Trinajstić information content (AvgIpc) is 3.43. The second kappa shape index (κ2) is 12.9. The molecule has 41 heavy (non-hydrogen) atoms. The molecular weight excluding hydrogens is 557 g/mol. The molecule has 0 saturated carbocycles. The summed E-state index contributed by atoms with van der Waals surface area (Å²) in [5.74, 6) is -0.742. The number of carbonyl (C=O) groups is 2. The van der Waals surface area contributed by atoms with Gasteiger partial charge in [-0.05, 0) is 73.0 Å². The van der Waals surface area contributed by atoms with Gasteiger partial charge in [0.15, 0.2) is 5.69 Å². The van der Waals surface area contributed by atoms with Crippen molar-refractivity contribution in [2.75, 3.05) is 6.61 Å². The fourth-order valence-electron chi connectivity index (χ4n) is 4.55. The molecule has 0 bridgehead atoms. The highest BCUT2D eigenvalue weighted by atomic mass is 35.5. The summed E-state index contributed by atoms with van der Waals surface area (Å²) in [7, 11) is 0. The Balaban J connectivity index is 1.43. The van der Waals surface area contributed by atoms with Crippen molar-refractivity contribution in [3.63, 3.8) is 0 Å². The van der Waals surface area contributed by atoms with Crippen LogP contribution in [0.15, 0.2) is 109 Å². The summed E-state index contributed by atoms with van der Waals surface area (Å²) in [5, 5.41) is 8.59. The summed E-state index contributed by atoms with van der Waals surface area (Å²) in [6.07, 6.45) is 0.657. The largest absolute Gasteiger partial charge is 0.461 e. The Labute approximate surface area is 248 Å². The summed E-state index contributed by atoms with van der Waals surface area (Å²) in [6, 6.07) is 33.5. The quantitative estimate of drug-likeness (QED) is 0.180. The number of hydrogen-bond donors (Lipinski definition) is 1. The minimum atomic E-state index is -0.543. The van der Waals surface area contributed by atoms with E-state index in [1.165, 1.54) is 0 Å². The molecule has 1 atom stereocenters. The molecule has 1 amide bonds. The van der Waals surface area contributed by atoms with E-state index in [0.29, 0.717) is 39.0 Å². The van der Waals surface area contributed by atoms with E-state index in [9.17, 15) is 9.59 Å². The third-order valence-corrected chi connectivity index (χ3v) is 7.11. The molecule has 1 N–H and O–H groups in total. The topological polar surface area (TPSA) is 73.2 Å². The number of rotatable bonds is 9. The molecule has 1 aromatic heterocycles. The first-order valence-electron chi connectivity index (χ1n) is 13.2. The lowest BCUT2D eigenvalue weighted by molar-refractivity contribution is 0.0518. The number of hydrogen-bond acceptors (Lipinski definition) is 4. The van der Waals surface area contributed by atoms with E-state index in [-0.39, 0.29) is 24.2 Å². The van der Waals surface area contributed by atoms with Crippen molar-refractivity contribution in [2.24, 2.45) is 0 Å². The van der Waals surface area contributed by atoms with Crippen LogP contribution in [0.3, 0.4) is 0 Å². The molecule has 0 fully saturated rings. The number of nitrogens with zero attached hydrogens (tertiary/aromatic N) is 2. The SMILES string of the molecule is CCOC(=O)c1cc(-c2ccc(Cl)cc2Cl)n(-c2ccc(C(=O)NC(Cc3ccccc3)c3ccccc3)cc2)n1. The average molecular weight is 585 g/mol. The first kappa shape index (κ1) is 28.1. The maximum atomic E-state index is 13.4. The van der Waals surface area contributed by atoms with Gasteiger partial charge < -0.3 is 10.1 Å². The third-order valence-electron chi connectivity index (χ3n) is 6.56. The van der Waals surface area contributed by atoms with Crippen LogP contribution in [0.2, 0.25) is 10.0 Å². The van der Waals surface area contributed by atoms with Crippen molar-refractivity contribution in [1.82, 2.24) is 15.1 Å². The molecule has 0 aliphatic heterocycles. The van der Waals surface area contributed by atoms with E-state index < -0.39 is 5.97 Å². The van der Waals surface area contributed by atoms with Gasteiger partial charge >= 0.3 is 5.97 Å². The van der Waals surface area contributed by atoms with Crippen molar-refractivity contribution in [3.8, 4) is 16.9 Å². The molecule has 8 heteroatoms. The van der Waals surface area contributed by atoms with E-state index in [1.54, 1.807) is 60.1 Å². The van der Waals surface area contributed by atoms with Gasteiger partial charge in [-0.15, -0.1) is 0 Å². The number of halogens is 2. The number of carbonyl (C=O) groups excluding carboxylic acids is 2. The van der Waals surface area contributed by atoms with Crippen LogP contribution < -0.4 is 5.32 Å². The Morgan fingerprint density at radius 2 is 1.56 bits per heavy atom. The first-order valence-corrected chi connectivity index (χ1v) is 13.9. The van der Waals surface area contributed by atoms with Crippen LogP contribution in [0.25, 0.3) is 16.9 Å². The molecule has 5 aromatic rings. The molecule has 0 aliphatic carbocycles. The van der Waals surface area contributed by atoms with Crippen LogP contribution in [-0.4, -0.2) is 28.3 Å². The van der Waals surface area contributed by atoms with Gasteiger partial charge in [-0.25, -0.2) is 9.48 Å². The predicted molar refractivity (Wildman–Crippen MR) is 162 cm³/mol. The van der Waals surface area contributed by atoms with Crippen molar-refractivity contribution >= 4 is 35.1 Å². The van der Waals surface area contributed by atoms with Gasteiger partial charge in [0.05, 0.1) is 29.1 Å². The molecule has 1 unspecified atom stereocenters. The monoisotopic (exact) mass is 583 g/mol. The number of aromatic nitrogens is 2. The minimum Gasteiger partial charge on any atom is -0.461 e. The Bertz CT molecular complexity index is 1650. The highest BCUT2D eigenvalue weighted by Gasteiger charge is 2.21. The van der Waals surface area contributed by atoms with Crippen molar-refractivity contribution in [2.45, 2.75) is 19.4 Å². The molecule has 206 valence electrons. The van der Waals surface area contributed by atoms with Crippen LogP contribution in [-0.2, 0) is 11.2 Å². The molecule has 0 saturated heterocycles. The summed E-state index contributed by atoms with van der Waals surface area (Å²) < 4.78 is 6.76. The van der Waals surface area contributed by atoms with Gasteiger partial charge in [0, 0.05) is 16.1 Å². The van der Waals surface area contributed by atoms with Gasteiger partial charge in [0.2, 0.25) is 0 Å². The van der Waals surface area contributed by atoms with Crippen LogP contribution in [0, 0.1) is 0 Å². The Morgan fingerprint density at radius 3 is 2.22 bits per heavy atom. The van der Waals surface area contributed by atoms with Gasteiger partial charge in [0.25, 0.3) is 5.91 Å². The Morgan fingerprint density at radius 1 is 0.878 bits per heavy atom. The lowest BCUT2D eigenvalue weighted by Crippen LogP contribution is -2.30. The zero-order chi connectivity index (χ0) is 28.8. The number of esters is 1. The van der Waals surface area contributed by atoms with E-state index in [1.807, 2.05) is 48.5 Å². The summed E-state index contributed by atoms with van der Waals surface area (Å²) in [4.78, 5) is 25.9. The van der Waals surface area contributed by atoms with E-state index in [0.717, 1.165) is 11.1 Å². The second-order valence-corrected chi connectivity index (χ2v) is 10.2. The number of nitrogens with one attached hydrogen (secondary N) is 1. The Kier molecular flexibility index (Phi) is 8.82. The zero-order valence-electron chi connectivity index (χ0n) is 22.3. The molecule has 1 heterocycles. The lowest BCUT2D eigenvalue weighted by atomic mass is 9.98. The fraction of sp³-hybridized carbons (Fsp3) is 0.121. The summed E-state index contributed by atoms with van der Waals surface area (Å²) in [6.45, 7) is 1.96. The van der Waals surface area contributed by atoms with Gasteiger partial charge in [-0.1, -0.05) is 83.9 Å². The second-order valence-electron chi connectivity index (χ2n) is 9.34. The third kappa shape index (κ3) is 6.68. The number of amides is 1.